The van der Waals surface area contributed by atoms with Crippen LogP contribution in [-0.4, -0.2) is 30.7 Å². The second-order valence-electron chi connectivity index (χ2n) is 6.91. The number of carbonyl (C=O) groups excluding carboxylic acids is 1. The van der Waals surface area contributed by atoms with Crippen molar-refractivity contribution in [1.82, 2.24) is 14.5 Å². The third kappa shape index (κ3) is 4.82. The smallest absolute Gasteiger partial charge is 0.387 e. The summed E-state index contributed by atoms with van der Waals surface area (Å²) in [4.78, 5) is 12.1. The van der Waals surface area contributed by atoms with Crippen LogP contribution >= 0.6 is 0 Å². The van der Waals surface area contributed by atoms with Gasteiger partial charge in [-0.25, -0.2) is 17.5 Å². The van der Waals surface area contributed by atoms with Gasteiger partial charge in [-0.15, -0.1) is 0 Å². The zero-order chi connectivity index (χ0) is 23.6. The van der Waals surface area contributed by atoms with Gasteiger partial charge in [0.1, 0.15) is 16.5 Å². The Morgan fingerprint density at radius 2 is 1.67 bits per heavy atom. The van der Waals surface area contributed by atoms with E-state index in [0.29, 0.717) is 16.5 Å². The van der Waals surface area contributed by atoms with Crippen LogP contribution in [0.25, 0.3) is 10.9 Å². The lowest BCUT2D eigenvalue weighted by atomic mass is 10.2. The quantitative estimate of drug-likeness (QED) is 0.437. The molecule has 0 saturated heterocycles. The molecule has 0 aliphatic rings. The van der Waals surface area contributed by atoms with Crippen molar-refractivity contribution in [1.29, 1.82) is 0 Å². The summed E-state index contributed by atoms with van der Waals surface area (Å²) < 4.78 is 71.3. The summed E-state index contributed by atoms with van der Waals surface area (Å²) in [6, 6.07) is 17.2. The Kier molecular flexibility index (Phi) is 6.05. The lowest BCUT2D eigenvalue weighted by molar-refractivity contribution is -0.0498. The molecule has 0 aliphatic heterocycles. The first-order chi connectivity index (χ1) is 15.7. The number of ether oxygens (including phenoxy) is 1. The first-order valence-corrected chi connectivity index (χ1v) is 11.0. The van der Waals surface area contributed by atoms with E-state index in [4.69, 9.17) is 0 Å². The molecule has 1 aromatic heterocycles. The Balaban J connectivity index is 1.63. The highest BCUT2D eigenvalue weighted by molar-refractivity contribution is 7.90. The fraction of sp³-hybridized carbons (Fsp3) is 0.0909. The summed E-state index contributed by atoms with van der Waals surface area (Å²) >= 11 is 0. The van der Waals surface area contributed by atoms with Crippen molar-refractivity contribution in [2.75, 3.05) is 0 Å². The maximum Gasteiger partial charge on any atom is 0.387 e. The molecule has 11 heteroatoms. The monoisotopic (exact) mass is 475 g/mol. The van der Waals surface area contributed by atoms with Gasteiger partial charge in [-0.3, -0.25) is 9.48 Å². The van der Waals surface area contributed by atoms with E-state index in [-0.39, 0.29) is 18.0 Å². The van der Waals surface area contributed by atoms with Crippen molar-refractivity contribution in [3.8, 4) is 5.75 Å². The first-order valence-electron chi connectivity index (χ1n) is 9.55. The molecule has 7 nitrogen and oxygen atoms in total. The number of fused-ring (bicyclic) bond motifs is 1. The van der Waals surface area contributed by atoms with Crippen molar-refractivity contribution < 1.29 is 31.1 Å². The van der Waals surface area contributed by atoms with E-state index in [9.17, 15) is 26.4 Å². The number of nitrogens with one attached hydrogen (secondary N) is 1. The van der Waals surface area contributed by atoms with Gasteiger partial charge in [-0.2, -0.15) is 13.9 Å². The van der Waals surface area contributed by atoms with E-state index in [1.165, 1.54) is 28.9 Å². The van der Waals surface area contributed by atoms with Crippen LogP contribution in [-0.2, 0) is 16.6 Å². The second-order valence-corrected chi connectivity index (χ2v) is 8.56. The van der Waals surface area contributed by atoms with E-state index < -0.39 is 33.3 Å². The molecule has 0 unspecified atom stereocenters. The molecule has 1 N–H and O–H groups in total. The Labute approximate surface area is 186 Å². The molecule has 1 amide bonds. The van der Waals surface area contributed by atoms with Gasteiger partial charge < -0.3 is 4.74 Å². The third-order valence-corrected chi connectivity index (χ3v) is 6.07. The second kappa shape index (κ2) is 8.94. The van der Waals surface area contributed by atoms with Crippen molar-refractivity contribution >= 4 is 26.8 Å². The van der Waals surface area contributed by atoms with E-state index >= 15 is 0 Å². The number of aromatic nitrogens is 2. The zero-order valence-electron chi connectivity index (χ0n) is 16.8. The molecule has 0 atom stereocenters. The molecule has 3 aromatic carbocycles. The van der Waals surface area contributed by atoms with Crippen LogP contribution in [0.5, 0.6) is 5.75 Å². The molecular weight excluding hydrogens is 459 g/mol. The summed E-state index contributed by atoms with van der Waals surface area (Å²) in [7, 11) is -4.47. The third-order valence-electron chi connectivity index (χ3n) is 4.71. The van der Waals surface area contributed by atoms with Gasteiger partial charge in [-0.1, -0.05) is 42.5 Å². The van der Waals surface area contributed by atoms with E-state index in [1.807, 2.05) is 4.72 Å². The number of benzene rings is 3. The number of rotatable bonds is 7. The predicted molar refractivity (Wildman–Crippen MR) is 113 cm³/mol. The van der Waals surface area contributed by atoms with Crippen LogP contribution < -0.4 is 9.46 Å². The van der Waals surface area contributed by atoms with Crippen LogP contribution in [0, 0.1) is 5.82 Å². The number of amides is 1. The average Bonchev–Trinajstić information content (AvgIpc) is 3.13. The minimum Gasteiger partial charge on any atom is -0.435 e. The van der Waals surface area contributed by atoms with Crippen LogP contribution in [0.3, 0.4) is 0 Å². The van der Waals surface area contributed by atoms with Crippen LogP contribution in [0.1, 0.15) is 16.1 Å². The van der Waals surface area contributed by atoms with Crippen LogP contribution in [0.4, 0.5) is 13.2 Å². The number of nitrogens with zero attached hydrogens (tertiary/aromatic N) is 2. The van der Waals surface area contributed by atoms with Gasteiger partial charge in [0.05, 0.1) is 12.1 Å². The number of halogens is 3. The SMILES string of the molecule is O=C(NS(=O)(=O)c1ccccc1F)c1nn(Cc2ccc(OC(F)F)cc2)c2ccccc12. The van der Waals surface area contributed by atoms with Gasteiger partial charge in [0, 0.05) is 5.39 Å². The maximum atomic E-state index is 13.9. The van der Waals surface area contributed by atoms with Crippen LogP contribution in [0.2, 0.25) is 0 Å². The summed E-state index contributed by atoms with van der Waals surface area (Å²) in [5.41, 5.74) is 1.05. The number of hydrogen-bond donors (Lipinski definition) is 1. The highest BCUT2D eigenvalue weighted by Gasteiger charge is 2.25. The largest absolute Gasteiger partial charge is 0.435 e. The predicted octanol–water partition coefficient (Wildman–Crippen LogP) is 3.94. The lowest BCUT2D eigenvalue weighted by Gasteiger charge is -2.07. The van der Waals surface area contributed by atoms with E-state index in [2.05, 4.69) is 9.84 Å². The number of hydrogen-bond acceptors (Lipinski definition) is 5. The molecule has 0 saturated carbocycles. The normalized spacial score (nSPS) is 11.6. The summed E-state index contributed by atoms with van der Waals surface area (Å²) in [6.45, 7) is -2.77. The zero-order valence-corrected chi connectivity index (χ0v) is 17.6. The van der Waals surface area contributed by atoms with Crippen molar-refractivity contribution in [3.63, 3.8) is 0 Å². The van der Waals surface area contributed by atoms with Gasteiger partial charge in [-0.05, 0) is 35.9 Å². The molecule has 170 valence electrons. The Bertz CT molecular complexity index is 1420. The van der Waals surface area contributed by atoms with Crippen molar-refractivity contribution in [2.24, 2.45) is 0 Å². The molecule has 0 spiro atoms. The van der Waals surface area contributed by atoms with Gasteiger partial charge in [0.25, 0.3) is 15.9 Å². The van der Waals surface area contributed by atoms with Crippen molar-refractivity contribution in [3.05, 3.63) is 89.9 Å². The number of sulfonamides is 1. The summed E-state index contributed by atoms with van der Waals surface area (Å²) in [6.07, 6.45) is 0. The molecule has 4 rings (SSSR count). The molecule has 0 aliphatic carbocycles. The standard InChI is InChI=1S/C22H16F3N3O4S/c23-17-6-2-4-8-19(17)33(30,31)27-21(29)20-16-5-1-3-7-18(16)28(26-20)13-14-9-11-15(12-10-14)32-22(24)25/h1-12,22H,13H2,(H,27,29). The molecule has 0 radical (unpaired) electrons. The summed E-state index contributed by atoms with van der Waals surface area (Å²) in [5, 5.41) is 4.64. The van der Waals surface area contributed by atoms with E-state index in [0.717, 1.165) is 12.1 Å². The lowest BCUT2D eigenvalue weighted by Crippen LogP contribution is -2.31. The van der Waals surface area contributed by atoms with Gasteiger partial charge in [0.15, 0.2) is 5.69 Å². The van der Waals surface area contributed by atoms with Gasteiger partial charge >= 0.3 is 6.61 Å². The average molecular weight is 475 g/mol. The fourth-order valence-corrected chi connectivity index (χ4v) is 4.29. The highest BCUT2D eigenvalue weighted by Crippen LogP contribution is 2.22. The van der Waals surface area contributed by atoms with Crippen LogP contribution in [0.15, 0.2) is 77.7 Å². The molecule has 1 heterocycles. The summed E-state index contributed by atoms with van der Waals surface area (Å²) in [5.74, 6) is -2.01. The maximum absolute atomic E-state index is 13.9. The molecule has 0 fully saturated rings. The number of alkyl halides is 2. The Morgan fingerprint density at radius 1 is 1.00 bits per heavy atom. The molecule has 0 bridgehead atoms. The van der Waals surface area contributed by atoms with Gasteiger partial charge in [0.2, 0.25) is 0 Å². The number of para-hydroxylation sites is 1. The fourth-order valence-electron chi connectivity index (χ4n) is 3.25. The van der Waals surface area contributed by atoms with Crippen molar-refractivity contribution in [2.45, 2.75) is 18.1 Å². The minimum absolute atomic E-state index is 0.00232. The topological polar surface area (TPSA) is 90.3 Å². The Hall–Kier alpha value is -3.86. The molecule has 33 heavy (non-hydrogen) atoms. The number of carbonyl (C=O) groups is 1. The molecular formula is C22H16F3N3O4S. The first kappa shape index (κ1) is 22.3. The Morgan fingerprint density at radius 3 is 2.36 bits per heavy atom. The van der Waals surface area contributed by atoms with E-state index in [1.54, 1.807) is 36.4 Å². The highest BCUT2D eigenvalue weighted by atomic mass is 32.2. The molecule has 4 aromatic rings. The minimum atomic E-state index is -4.47.